The summed E-state index contributed by atoms with van der Waals surface area (Å²) in [6.45, 7) is 3.15. The largest absolute Gasteiger partial charge is 0.497 e. The van der Waals surface area contributed by atoms with Crippen molar-refractivity contribution in [2.75, 3.05) is 20.3 Å². The minimum Gasteiger partial charge on any atom is -0.497 e. The van der Waals surface area contributed by atoms with E-state index < -0.39 is 0 Å². The van der Waals surface area contributed by atoms with E-state index in [4.69, 9.17) is 15.3 Å². The van der Waals surface area contributed by atoms with Gasteiger partial charge < -0.3 is 9.47 Å². The van der Waals surface area contributed by atoms with Crippen LogP contribution in [0.3, 0.4) is 0 Å². The third-order valence-electron chi connectivity index (χ3n) is 2.27. The van der Waals surface area contributed by atoms with Crippen molar-refractivity contribution in [1.82, 2.24) is 5.43 Å². The van der Waals surface area contributed by atoms with Crippen molar-refractivity contribution in [3.8, 4) is 5.75 Å². The number of hydrazine groups is 1. The number of rotatable bonds is 6. The van der Waals surface area contributed by atoms with Gasteiger partial charge in [-0.05, 0) is 30.7 Å². The first-order valence-electron chi connectivity index (χ1n) is 5.10. The lowest BCUT2D eigenvalue weighted by atomic mass is 10.1. The van der Waals surface area contributed by atoms with Gasteiger partial charge in [0.05, 0.1) is 19.8 Å². The Hall–Kier alpha value is -0.620. The monoisotopic (exact) mass is 288 g/mol. The first-order chi connectivity index (χ1) is 7.72. The molecule has 0 aliphatic carbocycles. The van der Waals surface area contributed by atoms with Gasteiger partial charge >= 0.3 is 0 Å². The zero-order chi connectivity index (χ0) is 12.0. The van der Waals surface area contributed by atoms with Crippen LogP contribution in [-0.2, 0) is 4.74 Å². The highest BCUT2D eigenvalue weighted by Gasteiger charge is 2.14. The second kappa shape index (κ2) is 6.85. The summed E-state index contributed by atoms with van der Waals surface area (Å²) in [5.74, 6) is 6.32. The van der Waals surface area contributed by atoms with Crippen molar-refractivity contribution >= 4 is 15.9 Å². The van der Waals surface area contributed by atoms with E-state index in [-0.39, 0.29) is 6.04 Å². The number of nitrogens with two attached hydrogens (primary N) is 1. The maximum Gasteiger partial charge on any atom is 0.119 e. The second-order valence-corrected chi connectivity index (χ2v) is 4.12. The van der Waals surface area contributed by atoms with Gasteiger partial charge in [-0.1, -0.05) is 15.9 Å². The van der Waals surface area contributed by atoms with Gasteiger partial charge in [0.1, 0.15) is 5.75 Å². The Morgan fingerprint density at radius 1 is 1.50 bits per heavy atom. The van der Waals surface area contributed by atoms with Gasteiger partial charge in [-0.15, -0.1) is 0 Å². The number of halogens is 1. The number of hydrogen-bond donors (Lipinski definition) is 2. The fraction of sp³-hybridized carbons (Fsp3) is 0.455. The van der Waals surface area contributed by atoms with Crippen molar-refractivity contribution < 1.29 is 9.47 Å². The van der Waals surface area contributed by atoms with Crippen LogP contribution in [0.1, 0.15) is 18.5 Å². The summed E-state index contributed by atoms with van der Waals surface area (Å²) < 4.78 is 11.5. The van der Waals surface area contributed by atoms with Gasteiger partial charge in [-0.2, -0.15) is 0 Å². The highest BCUT2D eigenvalue weighted by atomic mass is 79.9. The average molecular weight is 289 g/mol. The number of nitrogens with one attached hydrogen (secondary N) is 1. The van der Waals surface area contributed by atoms with Crippen molar-refractivity contribution in [2.24, 2.45) is 5.84 Å². The van der Waals surface area contributed by atoms with Crippen LogP contribution in [0.4, 0.5) is 0 Å². The Morgan fingerprint density at radius 3 is 2.81 bits per heavy atom. The molecule has 0 saturated carbocycles. The summed E-state index contributed by atoms with van der Waals surface area (Å²) in [6.07, 6.45) is 0. The Kier molecular flexibility index (Phi) is 5.76. The highest BCUT2D eigenvalue weighted by molar-refractivity contribution is 9.10. The maximum absolute atomic E-state index is 5.51. The third-order valence-corrected chi connectivity index (χ3v) is 2.99. The molecule has 0 aliphatic rings. The maximum atomic E-state index is 5.51. The molecule has 90 valence electrons. The molecule has 1 aromatic rings. The van der Waals surface area contributed by atoms with E-state index in [1.807, 2.05) is 25.1 Å². The van der Waals surface area contributed by atoms with Crippen LogP contribution in [0, 0.1) is 0 Å². The van der Waals surface area contributed by atoms with Gasteiger partial charge in [-0.25, -0.2) is 0 Å². The fourth-order valence-corrected chi connectivity index (χ4v) is 1.90. The SMILES string of the molecule is CCOCC(NN)c1cc(OC)ccc1Br. The molecule has 0 fully saturated rings. The molecule has 3 N–H and O–H groups in total. The summed E-state index contributed by atoms with van der Waals surface area (Å²) in [7, 11) is 1.64. The summed E-state index contributed by atoms with van der Waals surface area (Å²) >= 11 is 3.49. The van der Waals surface area contributed by atoms with E-state index in [1.54, 1.807) is 7.11 Å². The van der Waals surface area contributed by atoms with Gasteiger partial charge in [0.25, 0.3) is 0 Å². The molecule has 0 radical (unpaired) electrons. The molecule has 0 aromatic heterocycles. The van der Waals surface area contributed by atoms with E-state index in [0.29, 0.717) is 13.2 Å². The standard InChI is InChI=1S/C11H17BrN2O2/c1-3-16-7-11(14-13)9-6-8(15-2)4-5-10(9)12/h4-6,11,14H,3,7,13H2,1-2H3. The van der Waals surface area contributed by atoms with Gasteiger partial charge in [0, 0.05) is 11.1 Å². The topological polar surface area (TPSA) is 56.5 Å². The highest BCUT2D eigenvalue weighted by Crippen LogP contribution is 2.27. The normalized spacial score (nSPS) is 12.5. The van der Waals surface area contributed by atoms with Crippen LogP contribution >= 0.6 is 15.9 Å². The lowest BCUT2D eigenvalue weighted by Crippen LogP contribution is -2.31. The molecule has 0 spiro atoms. The Morgan fingerprint density at radius 2 is 2.25 bits per heavy atom. The second-order valence-electron chi connectivity index (χ2n) is 3.27. The van der Waals surface area contributed by atoms with Gasteiger partial charge in [-0.3, -0.25) is 11.3 Å². The number of methoxy groups -OCH3 is 1. The molecule has 1 unspecified atom stereocenters. The molecule has 0 heterocycles. The van der Waals surface area contributed by atoms with Crippen molar-refractivity contribution in [3.63, 3.8) is 0 Å². The van der Waals surface area contributed by atoms with E-state index in [1.165, 1.54) is 0 Å². The molecular formula is C11H17BrN2O2. The predicted molar refractivity (Wildman–Crippen MR) is 67.3 cm³/mol. The zero-order valence-corrected chi connectivity index (χ0v) is 11.1. The van der Waals surface area contributed by atoms with E-state index >= 15 is 0 Å². The molecule has 0 aliphatic heterocycles. The van der Waals surface area contributed by atoms with Crippen LogP contribution in [0.2, 0.25) is 0 Å². The van der Waals surface area contributed by atoms with Crippen LogP contribution < -0.4 is 16.0 Å². The number of ether oxygens (including phenoxy) is 2. The molecular weight excluding hydrogens is 272 g/mol. The summed E-state index contributed by atoms with van der Waals surface area (Å²) in [5.41, 5.74) is 3.76. The van der Waals surface area contributed by atoms with E-state index in [9.17, 15) is 0 Å². The van der Waals surface area contributed by atoms with Crippen molar-refractivity contribution in [2.45, 2.75) is 13.0 Å². The van der Waals surface area contributed by atoms with Crippen LogP contribution in [0.5, 0.6) is 5.75 Å². The summed E-state index contributed by atoms with van der Waals surface area (Å²) in [6, 6.07) is 5.71. The summed E-state index contributed by atoms with van der Waals surface area (Å²) in [4.78, 5) is 0. The minimum atomic E-state index is -0.0515. The molecule has 1 aromatic carbocycles. The smallest absolute Gasteiger partial charge is 0.119 e. The molecule has 0 saturated heterocycles. The molecule has 0 bridgehead atoms. The van der Waals surface area contributed by atoms with Crippen LogP contribution in [0.15, 0.2) is 22.7 Å². The fourth-order valence-electron chi connectivity index (χ4n) is 1.38. The van der Waals surface area contributed by atoms with Crippen molar-refractivity contribution in [3.05, 3.63) is 28.2 Å². The number of benzene rings is 1. The van der Waals surface area contributed by atoms with Gasteiger partial charge in [0.2, 0.25) is 0 Å². The Balaban J connectivity index is 2.89. The quantitative estimate of drug-likeness (QED) is 0.621. The first-order valence-corrected chi connectivity index (χ1v) is 5.89. The first kappa shape index (κ1) is 13.4. The lowest BCUT2D eigenvalue weighted by Gasteiger charge is -2.18. The van der Waals surface area contributed by atoms with Crippen LogP contribution in [-0.4, -0.2) is 20.3 Å². The molecule has 1 rings (SSSR count). The molecule has 5 heteroatoms. The number of hydrogen-bond acceptors (Lipinski definition) is 4. The molecule has 4 nitrogen and oxygen atoms in total. The molecule has 1 atom stereocenters. The average Bonchev–Trinajstić information content (AvgIpc) is 2.32. The summed E-state index contributed by atoms with van der Waals surface area (Å²) in [5, 5.41) is 0. The molecule has 0 amide bonds. The van der Waals surface area contributed by atoms with Gasteiger partial charge in [0.15, 0.2) is 0 Å². The van der Waals surface area contributed by atoms with Crippen LogP contribution in [0.25, 0.3) is 0 Å². The Labute approximate surface area is 104 Å². The molecule has 16 heavy (non-hydrogen) atoms. The van der Waals surface area contributed by atoms with Crippen molar-refractivity contribution in [1.29, 1.82) is 0 Å². The lowest BCUT2D eigenvalue weighted by molar-refractivity contribution is 0.123. The minimum absolute atomic E-state index is 0.0515. The van der Waals surface area contributed by atoms with E-state index in [2.05, 4.69) is 21.4 Å². The Bertz CT molecular complexity index is 334. The zero-order valence-electron chi connectivity index (χ0n) is 9.50. The third kappa shape index (κ3) is 3.45. The predicted octanol–water partition coefficient (Wildman–Crippen LogP) is 2.00. The van der Waals surface area contributed by atoms with E-state index in [0.717, 1.165) is 15.8 Å².